The van der Waals surface area contributed by atoms with Gasteiger partial charge in [0.25, 0.3) is 0 Å². The third-order valence-corrected chi connectivity index (χ3v) is 1.57. The van der Waals surface area contributed by atoms with Crippen LogP contribution in [-0.4, -0.2) is 13.2 Å². The first kappa shape index (κ1) is 12.4. The molecule has 0 unspecified atom stereocenters. The van der Waals surface area contributed by atoms with Gasteiger partial charge in [-0.15, -0.1) is 0 Å². The summed E-state index contributed by atoms with van der Waals surface area (Å²) in [4.78, 5) is 0. The Hall–Kier alpha value is 0.669. The molecular weight excluding hydrogens is 183 g/mol. The Morgan fingerprint density at radius 3 is 1.78 bits per heavy atom. The van der Waals surface area contributed by atoms with Crippen molar-refractivity contribution in [3.8, 4) is 0 Å². The van der Waals surface area contributed by atoms with Crippen molar-refractivity contribution in [3.63, 3.8) is 0 Å². The molecule has 9 heavy (non-hydrogen) atoms. The van der Waals surface area contributed by atoms with E-state index in [1.54, 1.807) is 13.8 Å². The van der Waals surface area contributed by atoms with Gasteiger partial charge in [-0.05, 0) is 13.8 Å². The van der Waals surface area contributed by atoms with E-state index >= 15 is 0 Å². The molecule has 0 amide bonds. The van der Waals surface area contributed by atoms with Gasteiger partial charge in [-0.25, -0.2) is 0 Å². The van der Waals surface area contributed by atoms with Crippen LogP contribution in [0.4, 0.5) is 0 Å². The van der Waals surface area contributed by atoms with Crippen molar-refractivity contribution in [3.05, 3.63) is 0 Å². The topological polar surface area (TPSA) is 35.5 Å². The van der Waals surface area contributed by atoms with Gasteiger partial charge in [-0.2, -0.15) is 0 Å². The van der Waals surface area contributed by atoms with Crippen LogP contribution >= 0.6 is 8.25 Å². The zero-order valence-electron chi connectivity index (χ0n) is 5.49. The molecule has 0 aliphatic heterocycles. The fourth-order valence-electron chi connectivity index (χ4n) is 0.277. The fourth-order valence-corrected chi connectivity index (χ4v) is 0.832. The van der Waals surface area contributed by atoms with E-state index in [1.807, 2.05) is 0 Å². The van der Waals surface area contributed by atoms with Crippen molar-refractivity contribution in [2.24, 2.45) is 0 Å². The summed E-state index contributed by atoms with van der Waals surface area (Å²) >= 11 is 0. The fraction of sp³-hybridized carbons (Fsp3) is 1.00. The third-order valence-electron chi connectivity index (χ3n) is 0.524. The standard InChI is InChI=1S/C4H11O3P.Fe/c1-3-6-8(5)7-4-2;/h8H,3-4H2,1-2H3;. The van der Waals surface area contributed by atoms with Gasteiger partial charge in [0.15, 0.2) is 0 Å². The molecule has 0 aromatic rings. The normalized spacial score (nSPS) is 9.22. The van der Waals surface area contributed by atoms with Gasteiger partial charge < -0.3 is 9.05 Å². The van der Waals surface area contributed by atoms with E-state index in [0.29, 0.717) is 13.2 Å². The van der Waals surface area contributed by atoms with E-state index in [2.05, 4.69) is 9.05 Å². The first-order valence-corrected chi connectivity index (χ1v) is 3.83. The quantitative estimate of drug-likeness (QED) is 0.501. The average Bonchev–Trinajstić information content (AvgIpc) is 1.68. The van der Waals surface area contributed by atoms with Crippen LogP contribution in [0.2, 0.25) is 0 Å². The van der Waals surface area contributed by atoms with E-state index < -0.39 is 8.25 Å². The Labute approximate surface area is 66.5 Å². The summed E-state index contributed by atoms with van der Waals surface area (Å²) in [6.07, 6.45) is 0. The Morgan fingerprint density at radius 1 is 1.22 bits per heavy atom. The Balaban J connectivity index is 0. The van der Waals surface area contributed by atoms with Crippen LogP contribution in [0.1, 0.15) is 13.8 Å². The molecule has 3 nitrogen and oxygen atoms in total. The van der Waals surface area contributed by atoms with Crippen LogP contribution in [0.5, 0.6) is 0 Å². The van der Waals surface area contributed by atoms with E-state index in [1.165, 1.54) is 0 Å². The van der Waals surface area contributed by atoms with Crippen LogP contribution in [0.25, 0.3) is 0 Å². The molecule has 0 atom stereocenters. The van der Waals surface area contributed by atoms with Crippen LogP contribution in [0, 0.1) is 0 Å². The van der Waals surface area contributed by atoms with Gasteiger partial charge in [-0.1, -0.05) is 0 Å². The van der Waals surface area contributed by atoms with Gasteiger partial charge in [0, 0.05) is 17.1 Å². The minimum atomic E-state index is -2.14. The van der Waals surface area contributed by atoms with Crippen molar-refractivity contribution in [1.82, 2.24) is 0 Å². The zero-order chi connectivity index (χ0) is 6.41. The molecule has 0 rings (SSSR count). The summed E-state index contributed by atoms with van der Waals surface area (Å²) in [6.45, 7) is 4.47. The summed E-state index contributed by atoms with van der Waals surface area (Å²) in [6, 6.07) is 0. The molecule has 0 heterocycles. The average molecular weight is 194 g/mol. The minimum absolute atomic E-state index is 0. The maximum Gasteiger partial charge on any atom is 0.319 e. The molecule has 0 spiro atoms. The molecule has 0 N–H and O–H groups in total. The SMILES string of the molecule is CCO[PH](=O)OCC.[Fe]. The first-order valence-electron chi connectivity index (χ1n) is 2.60. The second kappa shape index (κ2) is 8.67. The van der Waals surface area contributed by atoms with E-state index in [9.17, 15) is 4.57 Å². The number of hydrogen-bond donors (Lipinski definition) is 0. The van der Waals surface area contributed by atoms with Gasteiger partial charge >= 0.3 is 8.25 Å². The van der Waals surface area contributed by atoms with Gasteiger partial charge in [0.05, 0.1) is 13.2 Å². The van der Waals surface area contributed by atoms with Crippen LogP contribution in [-0.2, 0) is 30.7 Å². The molecule has 5 heteroatoms. The molecule has 0 bridgehead atoms. The molecule has 0 aliphatic rings. The molecule has 0 saturated carbocycles. The Kier molecular flexibility index (Phi) is 11.9. The van der Waals surface area contributed by atoms with Gasteiger partial charge in [-0.3, -0.25) is 4.57 Å². The third kappa shape index (κ3) is 8.67. The van der Waals surface area contributed by atoms with Crippen molar-refractivity contribution >= 4 is 8.25 Å². The Morgan fingerprint density at radius 2 is 1.56 bits per heavy atom. The van der Waals surface area contributed by atoms with Crippen LogP contribution in [0.15, 0.2) is 0 Å². The number of hydrogen-bond acceptors (Lipinski definition) is 3. The molecule has 0 fully saturated rings. The van der Waals surface area contributed by atoms with Crippen LogP contribution < -0.4 is 0 Å². The molecule has 58 valence electrons. The van der Waals surface area contributed by atoms with E-state index in [0.717, 1.165) is 0 Å². The maximum atomic E-state index is 10.4. The van der Waals surface area contributed by atoms with Crippen molar-refractivity contribution < 1.29 is 30.7 Å². The van der Waals surface area contributed by atoms with E-state index in [4.69, 9.17) is 0 Å². The summed E-state index contributed by atoms with van der Waals surface area (Å²) < 4.78 is 19.6. The van der Waals surface area contributed by atoms with E-state index in [-0.39, 0.29) is 17.1 Å². The molecule has 0 saturated heterocycles. The Bertz CT molecular complexity index is 70.2. The van der Waals surface area contributed by atoms with Crippen molar-refractivity contribution in [1.29, 1.82) is 0 Å². The molecular formula is C4H11FeO3P. The second-order valence-corrected chi connectivity index (χ2v) is 2.19. The zero-order valence-corrected chi connectivity index (χ0v) is 7.60. The van der Waals surface area contributed by atoms with Gasteiger partial charge in [0.1, 0.15) is 0 Å². The minimum Gasteiger partial charge on any atom is -0.311 e. The van der Waals surface area contributed by atoms with Crippen molar-refractivity contribution in [2.75, 3.05) is 13.2 Å². The predicted molar refractivity (Wildman–Crippen MR) is 32.3 cm³/mol. The summed E-state index contributed by atoms with van der Waals surface area (Å²) in [5.74, 6) is 0. The number of rotatable bonds is 4. The molecule has 0 aliphatic carbocycles. The molecule has 0 aromatic carbocycles. The van der Waals surface area contributed by atoms with Gasteiger partial charge in [0.2, 0.25) is 0 Å². The second-order valence-electron chi connectivity index (χ2n) is 1.12. The smallest absolute Gasteiger partial charge is 0.311 e. The summed E-state index contributed by atoms with van der Waals surface area (Å²) in [5.41, 5.74) is 0. The first-order chi connectivity index (χ1) is 3.81. The predicted octanol–water partition coefficient (Wildman–Crippen LogP) is 1.45. The molecule has 0 radical (unpaired) electrons. The maximum absolute atomic E-state index is 10.4. The largest absolute Gasteiger partial charge is 0.319 e. The summed E-state index contributed by atoms with van der Waals surface area (Å²) in [7, 11) is -2.14. The van der Waals surface area contributed by atoms with Crippen molar-refractivity contribution in [2.45, 2.75) is 13.8 Å². The monoisotopic (exact) mass is 194 g/mol. The van der Waals surface area contributed by atoms with Crippen LogP contribution in [0.3, 0.4) is 0 Å². The summed E-state index contributed by atoms with van der Waals surface area (Å²) in [5, 5.41) is 0. The molecule has 0 aromatic heterocycles.